The quantitative estimate of drug-likeness (QED) is 0.710. The maximum absolute atomic E-state index is 10.8. The van der Waals surface area contributed by atoms with Gasteiger partial charge in [-0.3, -0.25) is 4.90 Å². The van der Waals surface area contributed by atoms with Crippen LogP contribution in [-0.4, -0.2) is 58.5 Å². The fraction of sp³-hybridized carbons (Fsp3) is 0.533. The average Bonchev–Trinajstić information content (AvgIpc) is 2.89. The van der Waals surface area contributed by atoms with Crippen LogP contribution < -0.4 is 0 Å². The number of carboxylic acid groups (broad SMARTS) is 1. The summed E-state index contributed by atoms with van der Waals surface area (Å²) in [6.07, 6.45) is 1.94. The molecule has 0 saturated carbocycles. The third-order valence-corrected chi connectivity index (χ3v) is 3.98. The molecule has 1 heterocycles. The maximum atomic E-state index is 10.8. The molecule has 1 saturated heterocycles. The van der Waals surface area contributed by atoms with Crippen LogP contribution in [0.15, 0.2) is 24.3 Å². The smallest absolute Gasteiger partial charge is 0.335 e. The molecule has 20 heavy (non-hydrogen) atoms. The van der Waals surface area contributed by atoms with Gasteiger partial charge in [-0.25, -0.2) is 4.79 Å². The van der Waals surface area contributed by atoms with Crippen molar-refractivity contribution in [2.45, 2.75) is 18.9 Å². The fourth-order valence-electron chi connectivity index (χ4n) is 2.77. The van der Waals surface area contributed by atoms with E-state index in [9.17, 15) is 15.0 Å². The van der Waals surface area contributed by atoms with E-state index in [0.29, 0.717) is 11.5 Å². The Morgan fingerprint density at radius 3 is 2.45 bits per heavy atom. The van der Waals surface area contributed by atoms with E-state index in [1.807, 2.05) is 12.1 Å². The van der Waals surface area contributed by atoms with Crippen molar-refractivity contribution >= 4 is 5.97 Å². The van der Waals surface area contributed by atoms with Crippen LogP contribution in [0.25, 0.3) is 0 Å². The van der Waals surface area contributed by atoms with Gasteiger partial charge < -0.3 is 15.3 Å². The highest BCUT2D eigenvalue weighted by molar-refractivity contribution is 5.87. The molecule has 1 fully saturated rings. The van der Waals surface area contributed by atoms with Gasteiger partial charge in [-0.15, -0.1) is 0 Å². The lowest BCUT2D eigenvalue weighted by Gasteiger charge is -2.24. The maximum Gasteiger partial charge on any atom is 0.335 e. The predicted octanol–water partition coefficient (Wildman–Crippen LogP) is 0.602. The average molecular weight is 279 g/mol. The molecule has 5 nitrogen and oxygen atoms in total. The molecule has 0 amide bonds. The lowest BCUT2D eigenvalue weighted by molar-refractivity contribution is 0.0697. The highest BCUT2D eigenvalue weighted by Crippen LogP contribution is 2.22. The summed E-state index contributed by atoms with van der Waals surface area (Å²) in [5.41, 5.74) is 1.44. The summed E-state index contributed by atoms with van der Waals surface area (Å²) in [5, 5.41) is 27.2. The van der Waals surface area contributed by atoms with Gasteiger partial charge >= 0.3 is 5.97 Å². The molecular weight excluding hydrogens is 258 g/mol. The summed E-state index contributed by atoms with van der Waals surface area (Å²) >= 11 is 0. The zero-order chi connectivity index (χ0) is 14.5. The number of aliphatic hydroxyl groups excluding tert-OH is 2. The van der Waals surface area contributed by atoms with Crippen molar-refractivity contribution in [3.8, 4) is 0 Å². The highest BCUT2D eigenvalue weighted by atomic mass is 16.4. The van der Waals surface area contributed by atoms with Crippen molar-refractivity contribution in [2.75, 3.05) is 26.3 Å². The van der Waals surface area contributed by atoms with Gasteiger partial charge in [-0.2, -0.15) is 0 Å². The molecule has 110 valence electrons. The third-order valence-electron chi connectivity index (χ3n) is 3.98. The number of carboxylic acids is 1. The van der Waals surface area contributed by atoms with Crippen LogP contribution in [0.4, 0.5) is 0 Å². The van der Waals surface area contributed by atoms with E-state index in [-0.39, 0.29) is 19.3 Å². The molecule has 1 aliphatic rings. The van der Waals surface area contributed by atoms with Crippen molar-refractivity contribution in [2.24, 2.45) is 5.92 Å². The molecule has 3 N–H and O–H groups in total. The number of aliphatic hydroxyl groups is 2. The van der Waals surface area contributed by atoms with Crippen LogP contribution in [0.1, 0.15) is 22.3 Å². The minimum absolute atomic E-state index is 0.0173. The van der Waals surface area contributed by atoms with Crippen LogP contribution >= 0.6 is 0 Å². The molecule has 1 aromatic carbocycles. The lowest BCUT2D eigenvalue weighted by Crippen LogP contribution is -2.39. The minimum atomic E-state index is -0.905. The summed E-state index contributed by atoms with van der Waals surface area (Å²) in [7, 11) is 0. The van der Waals surface area contributed by atoms with Crippen LogP contribution in [0, 0.1) is 5.92 Å². The molecule has 0 radical (unpaired) electrons. The van der Waals surface area contributed by atoms with Crippen molar-refractivity contribution in [3.05, 3.63) is 35.4 Å². The molecule has 5 heteroatoms. The summed E-state index contributed by atoms with van der Waals surface area (Å²) in [6, 6.07) is 6.83. The Labute approximate surface area is 118 Å². The van der Waals surface area contributed by atoms with Crippen molar-refractivity contribution in [3.63, 3.8) is 0 Å². The molecule has 1 aromatic rings. The molecule has 0 aliphatic carbocycles. The largest absolute Gasteiger partial charge is 0.478 e. The van der Waals surface area contributed by atoms with Crippen LogP contribution in [-0.2, 0) is 6.42 Å². The first-order valence-corrected chi connectivity index (χ1v) is 6.92. The van der Waals surface area contributed by atoms with Crippen LogP contribution in [0.5, 0.6) is 0 Å². The fourth-order valence-corrected chi connectivity index (χ4v) is 2.77. The van der Waals surface area contributed by atoms with E-state index < -0.39 is 5.97 Å². The number of likely N-dealkylation sites (tertiary alicyclic amines) is 1. The second kappa shape index (κ2) is 6.83. The number of nitrogens with zero attached hydrogens (tertiary/aromatic N) is 1. The zero-order valence-electron chi connectivity index (χ0n) is 11.4. The number of hydrogen-bond acceptors (Lipinski definition) is 4. The highest BCUT2D eigenvalue weighted by Gasteiger charge is 2.27. The Kier molecular flexibility index (Phi) is 5.11. The first-order valence-electron chi connectivity index (χ1n) is 6.92. The third kappa shape index (κ3) is 3.56. The van der Waals surface area contributed by atoms with Gasteiger partial charge in [0.15, 0.2) is 0 Å². The van der Waals surface area contributed by atoms with Gasteiger partial charge in [0.25, 0.3) is 0 Å². The van der Waals surface area contributed by atoms with E-state index >= 15 is 0 Å². The second-order valence-electron chi connectivity index (χ2n) is 5.37. The topological polar surface area (TPSA) is 81.0 Å². The Bertz CT molecular complexity index is 442. The number of hydrogen-bond donors (Lipinski definition) is 3. The van der Waals surface area contributed by atoms with E-state index in [1.54, 1.807) is 12.1 Å². The molecule has 1 atom stereocenters. The van der Waals surface area contributed by atoms with Crippen LogP contribution in [0.2, 0.25) is 0 Å². The lowest BCUT2D eigenvalue weighted by atomic mass is 9.98. The van der Waals surface area contributed by atoms with Gasteiger partial charge in [-0.1, -0.05) is 12.1 Å². The zero-order valence-corrected chi connectivity index (χ0v) is 11.4. The van der Waals surface area contributed by atoms with Crippen molar-refractivity contribution in [1.82, 2.24) is 4.90 Å². The van der Waals surface area contributed by atoms with E-state index in [0.717, 1.165) is 31.5 Å². The van der Waals surface area contributed by atoms with E-state index in [4.69, 9.17) is 5.11 Å². The minimum Gasteiger partial charge on any atom is -0.478 e. The van der Waals surface area contributed by atoms with Crippen molar-refractivity contribution in [1.29, 1.82) is 0 Å². The number of aromatic carboxylic acids is 1. The van der Waals surface area contributed by atoms with Gasteiger partial charge in [0.1, 0.15) is 0 Å². The number of benzene rings is 1. The summed E-state index contributed by atoms with van der Waals surface area (Å²) in [4.78, 5) is 12.9. The normalized spacial score (nSPS) is 19.6. The monoisotopic (exact) mass is 279 g/mol. The summed E-state index contributed by atoms with van der Waals surface area (Å²) in [6.45, 7) is 1.73. The Morgan fingerprint density at radius 1 is 1.25 bits per heavy atom. The standard InChI is InChI=1S/C15H21NO4/c17-9-14(10-18)16-6-5-12(8-16)7-11-1-3-13(4-2-11)15(19)20/h1-4,12,14,17-18H,5-10H2,(H,19,20)/t12-/m0/s1. The molecule has 1 aliphatic heterocycles. The number of rotatable bonds is 6. The number of carbonyl (C=O) groups is 1. The Balaban J connectivity index is 1.90. The van der Waals surface area contributed by atoms with Gasteiger partial charge in [0, 0.05) is 6.54 Å². The van der Waals surface area contributed by atoms with Crippen molar-refractivity contribution < 1.29 is 20.1 Å². The molecule has 0 aromatic heterocycles. The molecule has 0 bridgehead atoms. The Hall–Kier alpha value is -1.43. The Morgan fingerprint density at radius 2 is 1.90 bits per heavy atom. The SMILES string of the molecule is O=C(O)c1ccc(C[C@@H]2CCN(C(CO)CO)C2)cc1. The van der Waals surface area contributed by atoms with Gasteiger partial charge in [0.2, 0.25) is 0 Å². The molecule has 2 rings (SSSR count). The van der Waals surface area contributed by atoms with Crippen LogP contribution in [0.3, 0.4) is 0 Å². The summed E-state index contributed by atoms with van der Waals surface area (Å²) < 4.78 is 0. The molecule has 0 unspecified atom stereocenters. The predicted molar refractivity (Wildman–Crippen MR) is 74.7 cm³/mol. The second-order valence-corrected chi connectivity index (χ2v) is 5.37. The van der Waals surface area contributed by atoms with Gasteiger partial charge in [0.05, 0.1) is 24.8 Å². The summed E-state index contributed by atoms with van der Waals surface area (Å²) in [5.74, 6) is -0.413. The molecule has 0 spiro atoms. The van der Waals surface area contributed by atoms with E-state index in [1.165, 1.54) is 0 Å². The van der Waals surface area contributed by atoms with E-state index in [2.05, 4.69) is 4.90 Å². The van der Waals surface area contributed by atoms with Gasteiger partial charge in [-0.05, 0) is 43.0 Å². The first kappa shape index (κ1) is 15.0. The molecular formula is C15H21NO4. The first-order chi connectivity index (χ1) is 9.63.